The van der Waals surface area contributed by atoms with Crippen LogP contribution < -0.4 is 9.47 Å². The van der Waals surface area contributed by atoms with E-state index >= 15 is 0 Å². The highest BCUT2D eigenvalue weighted by molar-refractivity contribution is 5.43. The molecule has 1 unspecified atom stereocenters. The minimum Gasteiger partial charge on any atom is -0.493 e. The molecule has 0 saturated heterocycles. The fraction of sp³-hybridized carbons (Fsp3) is 0.385. The van der Waals surface area contributed by atoms with Gasteiger partial charge >= 0.3 is 0 Å². The van der Waals surface area contributed by atoms with E-state index in [9.17, 15) is 5.21 Å². The molecule has 0 fully saturated rings. The summed E-state index contributed by atoms with van der Waals surface area (Å²) in [5, 5.41) is 11.1. The zero-order chi connectivity index (χ0) is 13.3. The smallest absolute Gasteiger partial charge is 0.220 e. The summed E-state index contributed by atoms with van der Waals surface area (Å²) in [6.07, 6.45) is -0.537. The van der Waals surface area contributed by atoms with Crippen molar-refractivity contribution < 1.29 is 19.4 Å². The van der Waals surface area contributed by atoms with Gasteiger partial charge in [0.05, 0.1) is 19.9 Å². The lowest BCUT2D eigenvalue weighted by Gasteiger charge is -2.21. The second kappa shape index (κ2) is 4.78. The van der Waals surface area contributed by atoms with E-state index in [1.165, 1.54) is 0 Å². The van der Waals surface area contributed by atoms with Crippen LogP contribution in [0.3, 0.4) is 0 Å². The quantitative estimate of drug-likeness (QED) is 0.895. The minimum absolute atomic E-state index is 0.537. The van der Waals surface area contributed by atoms with Gasteiger partial charge in [0.15, 0.2) is 11.5 Å². The van der Waals surface area contributed by atoms with E-state index in [2.05, 4.69) is 0 Å². The summed E-state index contributed by atoms with van der Waals surface area (Å²) in [6, 6.07) is 5.41. The molecule has 0 amide bonds. The van der Waals surface area contributed by atoms with Crippen molar-refractivity contribution in [2.24, 2.45) is 0 Å². The molecule has 1 aromatic carbocycles. The third-order valence-electron chi connectivity index (χ3n) is 3.06. The SMILES string of the molecule is COc1ccc(C2OC(C)=C(C)N2O)cc1OC. The van der Waals surface area contributed by atoms with E-state index < -0.39 is 6.23 Å². The molecule has 0 bridgehead atoms. The van der Waals surface area contributed by atoms with E-state index in [1.807, 2.05) is 13.0 Å². The molecule has 0 saturated carbocycles. The van der Waals surface area contributed by atoms with Crippen molar-refractivity contribution in [3.8, 4) is 11.5 Å². The van der Waals surface area contributed by atoms with Gasteiger partial charge in [-0.3, -0.25) is 5.21 Å². The first kappa shape index (κ1) is 12.6. The molecule has 1 N–H and O–H groups in total. The zero-order valence-electron chi connectivity index (χ0n) is 10.9. The molecule has 1 atom stereocenters. The van der Waals surface area contributed by atoms with Crippen LogP contribution in [0.15, 0.2) is 29.7 Å². The van der Waals surface area contributed by atoms with Gasteiger partial charge in [-0.15, -0.1) is 0 Å². The molecule has 5 nitrogen and oxygen atoms in total. The highest BCUT2D eigenvalue weighted by Gasteiger charge is 2.30. The van der Waals surface area contributed by atoms with Gasteiger partial charge in [-0.05, 0) is 32.0 Å². The Labute approximate surface area is 106 Å². The number of rotatable bonds is 3. The van der Waals surface area contributed by atoms with E-state index in [1.54, 1.807) is 33.3 Å². The van der Waals surface area contributed by atoms with Crippen molar-refractivity contribution >= 4 is 0 Å². The predicted molar refractivity (Wildman–Crippen MR) is 65.4 cm³/mol. The number of methoxy groups -OCH3 is 2. The molecule has 18 heavy (non-hydrogen) atoms. The molecule has 0 spiro atoms. The Hall–Kier alpha value is -1.88. The Morgan fingerprint density at radius 1 is 1.17 bits per heavy atom. The maximum absolute atomic E-state index is 9.95. The third kappa shape index (κ3) is 1.97. The average Bonchev–Trinajstić information content (AvgIpc) is 2.65. The summed E-state index contributed by atoms with van der Waals surface area (Å²) in [5.41, 5.74) is 1.50. The summed E-state index contributed by atoms with van der Waals surface area (Å²) in [6.45, 7) is 3.62. The first-order valence-electron chi connectivity index (χ1n) is 5.62. The minimum atomic E-state index is -0.537. The fourth-order valence-corrected chi connectivity index (χ4v) is 1.86. The van der Waals surface area contributed by atoms with Gasteiger partial charge in [0.2, 0.25) is 6.23 Å². The lowest BCUT2D eigenvalue weighted by atomic mass is 10.1. The average molecular weight is 251 g/mol. The number of hydroxylamine groups is 2. The summed E-state index contributed by atoms with van der Waals surface area (Å²) in [4.78, 5) is 0. The molecule has 0 aliphatic carbocycles. The number of ether oxygens (including phenoxy) is 3. The molecule has 1 aromatic rings. The lowest BCUT2D eigenvalue weighted by molar-refractivity contribution is -0.151. The van der Waals surface area contributed by atoms with Crippen LogP contribution in [-0.2, 0) is 4.74 Å². The van der Waals surface area contributed by atoms with Gasteiger partial charge < -0.3 is 14.2 Å². The Balaban J connectivity index is 2.31. The Morgan fingerprint density at radius 2 is 1.83 bits per heavy atom. The standard InChI is InChI=1S/C13H17NO4/c1-8-9(2)18-13(14(8)15)10-5-6-11(16-3)12(7-10)17-4/h5-7,13,15H,1-4H3. The predicted octanol–water partition coefficient (Wildman–Crippen LogP) is 2.68. The molecule has 98 valence electrons. The first-order valence-corrected chi connectivity index (χ1v) is 5.62. The van der Waals surface area contributed by atoms with E-state index in [-0.39, 0.29) is 0 Å². The Morgan fingerprint density at radius 3 is 2.33 bits per heavy atom. The summed E-state index contributed by atoms with van der Waals surface area (Å²) in [7, 11) is 3.15. The van der Waals surface area contributed by atoms with Crippen molar-refractivity contribution in [3.05, 3.63) is 35.2 Å². The van der Waals surface area contributed by atoms with Crippen LogP contribution in [0.5, 0.6) is 11.5 Å². The van der Waals surface area contributed by atoms with Gasteiger partial charge in [0.25, 0.3) is 0 Å². The molecular weight excluding hydrogens is 234 g/mol. The van der Waals surface area contributed by atoms with Crippen LogP contribution in [0.4, 0.5) is 0 Å². The number of nitrogens with zero attached hydrogens (tertiary/aromatic N) is 1. The van der Waals surface area contributed by atoms with Crippen LogP contribution >= 0.6 is 0 Å². The van der Waals surface area contributed by atoms with Crippen LogP contribution in [0, 0.1) is 0 Å². The molecule has 5 heteroatoms. The van der Waals surface area contributed by atoms with Gasteiger partial charge in [-0.2, -0.15) is 0 Å². The molecule has 0 aromatic heterocycles. The van der Waals surface area contributed by atoms with Crippen LogP contribution in [0.1, 0.15) is 25.6 Å². The van der Waals surface area contributed by atoms with Crippen molar-refractivity contribution in [3.63, 3.8) is 0 Å². The molecule has 1 aliphatic rings. The van der Waals surface area contributed by atoms with Crippen molar-refractivity contribution in [1.82, 2.24) is 5.06 Å². The normalized spacial score (nSPS) is 18.9. The highest BCUT2D eigenvalue weighted by atomic mass is 16.6. The maximum Gasteiger partial charge on any atom is 0.220 e. The van der Waals surface area contributed by atoms with E-state index in [0.717, 1.165) is 10.6 Å². The lowest BCUT2D eigenvalue weighted by Crippen LogP contribution is -2.19. The second-order valence-corrected chi connectivity index (χ2v) is 4.07. The van der Waals surface area contributed by atoms with Crippen molar-refractivity contribution in [2.45, 2.75) is 20.1 Å². The fourth-order valence-electron chi connectivity index (χ4n) is 1.86. The van der Waals surface area contributed by atoms with E-state index in [0.29, 0.717) is 23.0 Å². The number of allylic oxidation sites excluding steroid dienone is 2. The van der Waals surface area contributed by atoms with Gasteiger partial charge in [-0.25, -0.2) is 5.06 Å². The van der Waals surface area contributed by atoms with E-state index in [4.69, 9.17) is 14.2 Å². The topological polar surface area (TPSA) is 51.2 Å². The molecule has 2 rings (SSSR count). The van der Waals surface area contributed by atoms with Crippen molar-refractivity contribution in [2.75, 3.05) is 14.2 Å². The van der Waals surface area contributed by atoms with Gasteiger partial charge in [-0.1, -0.05) is 0 Å². The van der Waals surface area contributed by atoms with Crippen LogP contribution in [0.25, 0.3) is 0 Å². The monoisotopic (exact) mass is 251 g/mol. The Kier molecular flexibility index (Phi) is 3.34. The van der Waals surface area contributed by atoms with Gasteiger partial charge in [0.1, 0.15) is 5.76 Å². The number of hydrogen-bond acceptors (Lipinski definition) is 5. The third-order valence-corrected chi connectivity index (χ3v) is 3.06. The van der Waals surface area contributed by atoms with Gasteiger partial charge in [0, 0.05) is 5.56 Å². The second-order valence-electron chi connectivity index (χ2n) is 4.07. The van der Waals surface area contributed by atoms with Crippen LogP contribution in [0.2, 0.25) is 0 Å². The largest absolute Gasteiger partial charge is 0.493 e. The Bertz CT molecular complexity index is 484. The van der Waals surface area contributed by atoms with Crippen molar-refractivity contribution in [1.29, 1.82) is 0 Å². The maximum atomic E-state index is 9.95. The molecule has 1 aliphatic heterocycles. The molecular formula is C13H17NO4. The zero-order valence-corrected chi connectivity index (χ0v) is 10.9. The first-order chi connectivity index (χ1) is 8.58. The van der Waals surface area contributed by atoms with Crippen LogP contribution in [-0.4, -0.2) is 24.5 Å². The highest BCUT2D eigenvalue weighted by Crippen LogP contribution is 2.37. The summed E-state index contributed by atoms with van der Waals surface area (Å²) >= 11 is 0. The number of hydrogen-bond donors (Lipinski definition) is 1. The molecule has 0 radical (unpaired) electrons. The summed E-state index contributed by atoms with van der Waals surface area (Å²) < 4.78 is 16.0. The number of benzene rings is 1. The summed E-state index contributed by atoms with van der Waals surface area (Å²) in [5.74, 6) is 1.96. The molecule has 1 heterocycles.